The average molecular weight is 761 g/mol. The fourth-order valence-electron chi connectivity index (χ4n) is 8.23. The van der Waals surface area contributed by atoms with E-state index in [1.807, 2.05) is 6.20 Å². The standard InChI is InChI=1S/C52H64N4O/c1-48(2,3)34-25-26-53-45(30-34)56-43-22-17-16-21-41(43)42-24-23-40(32-44(42)56)57-39-20-18-19-37(31-39)54-33-55(47(52(13,14)15)46(54)51(10,11)12)38-28-35(49(4,5)6)27-36(29-38)50(7,8)9/h16-32H,33H2,1-15H3. The second-order valence-corrected chi connectivity index (χ2v) is 21.2. The lowest BCUT2D eigenvalue weighted by molar-refractivity contribution is 0.444. The molecule has 0 unspecified atom stereocenters. The van der Waals surface area contributed by atoms with E-state index in [1.165, 1.54) is 44.5 Å². The number of hydrogen-bond donors (Lipinski definition) is 0. The van der Waals surface area contributed by atoms with Crippen molar-refractivity contribution in [1.82, 2.24) is 9.55 Å². The van der Waals surface area contributed by atoms with E-state index in [-0.39, 0.29) is 27.1 Å². The maximum Gasteiger partial charge on any atom is 0.137 e. The van der Waals surface area contributed by atoms with Crippen molar-refractivity contribution >= 4 is 33.2 Å². The number of pyridine rings is 1. The van der Waals surface area contributed by atoms with Crippen molar-refractivity contribution in [2.24, 2.45) is 10.8 Å². The van der Waals surface area contributed by atoms with Gasteiger partial charge in [0.25, 0.3) is 0 Å². The summed E-state index contributed by atoms with van der Waals surface area (Å²) in [5.74, 6) is 2.50. The molecule has 0 radical (unpaired) electrons. The number of para-hydroxylation sites is 1. The maximum atomic E-state index is 6.79. The van der Waals surface area contributed by atoms with Crippen molar-refractivity contribution in [3.05, 3.63) is 131 Å². The van der Waals surface area contributed by atoms with Crippen molar-refractivity contribution in [1.29, 1.82) is 0 Å². The van der Waals surface area contributed by atoms with Gasteiger partial charge in [-0.3, -0.25) is 4.57 Å². The van der Waals surface area contributed by atoms with Crippen LogP contribution in [0.1, 0.15) is 121 Å². The molecule has 298 valence electrons. The van der Waals surface area contributed by atoms with Crippen LogP contribution in [0.2, 0.25) is 0 Å². The van der Waals surface area contributed by atoms with Gasteiger partial charge < -0.3 is 14.5 Å². The highest BCUT2D eigenvalue weighted by Crippen LogP contribution is 2.49. The molecule has 0 fully saturated rings. The van der Waals surface area contributed by atoms with Crippen molar-refractivity contribution in [2.75, 3.05) is 16.5 Å². The summed E-state index contributed by atoms with van der Waals surface area (Å²) >= 11 is 0. The molecular formula is C52H64N4O. The number of rotatable bonds is 5. The predicted octanol–water partition coefficient (Wildman–Crippen LogP) is 14.5. The number of anilines is 2. The van der Waals surface area contributed by atoms with Crippen LogP contribution in [0.3, 0.4) is 0 Å². The topological polar surface area (TPSA) is 33.5 Å². The van der Waals surface area contributed by atoms with E-state index in [0.29, 0.717) is 6.67 Å². The minimum atomic E-state index is -0.125. The van der Waals surface area contributed by atoms with Gasteiger partial charge in [0.05, 0.1) is 17.7 Å². The Morgan fingerprint density at radius 1 is 0.456 bits per heavy atom. The Balaban J connectivity index is 1.31. The molecule has 0 saturated heterocycles. The van der Waals surface area contributed by atoms with Gasteiger partial charge >= 0.3 is 0 Å². The van der Waals surface area contributed by atoms with Crippen LogP contribution < -0.4 is 14.5 Å². The molecule has 3 heterocycles. The van der Waals surface area contributed by atoms with Crippen molar-refractivity contribution in [3.8, 4) is 17.3 Å². The molecule has 0 atom stereocenters. The summed E-state index contributed by atoms with van der Waals surface area (Å²) in [7, 11) is 0. The lowest BCUT2D eigenvalue weighted by Gasteiger charge is -2.35. The number of fused-ring (bicyclic) bond motifs is 3. The quantitative estimate of drug-likeness (QED) is 0.175. The predicted molar refractivity (Wildman–Crippen MR) is 243 cm³/mol. The molecule has 1 aliphatic rings. The highest BCUT2D eigenvalue weighted by molar-refractivity contribution is 6.09. The normalized spacial score (nSPS) is 14.7. The van der Waals surface area contributed by atoms with Crippen molar-refractivity contribution in [3.63, 3.8) is 0 Å². The van der Waals surface area contributed by atoms with Crippen LogP contribution in [0.15, 0.2) is 115 Å². The van der Waals surface area contributed by atoms with Crippen LogP contribution in [0.25, 0.3) is 27.6 Å². The molecule has 0 bridgehead atoms. The monoisotopic (exact) mass is 761 g/mol. The van der Waals surface area contributed by atoms with Gasteiger partial charge in [0.2, 0.25) is 0 Å². The third-order valence-electron chi connectivity index (χ3n) is 11.3. The number of allylic oxidation sites excluding steroid dienone is 2. The zero-order chi connectivity index (χ0) is 41.5. The van der Waals surface area contributed by atoms with E-state index in [1.54, 1.807) is 0 Å². The van der Waals surface area contributed by atoms with E-state index in [4.69, 9.17) is 9.72 Å². The van der Waals surface area contributed by atoms with Gasteiger partial charge in [-0.05, 0) is 87.5 Å². The molecule has 0 saturated carbocycles. The van der Waals surface area contributed by atoms with Crippen molar-refractivity contribution < 1.29 is 4.74 Å². The number of ether oxygens (including phenoxy) is 1. The third-order valence-corrected chi connectivity index (χ3v) is 11.3. The Morgan fingerprint density at radius 2 is 1.02 bits per heavy atom. The molecule has 0 amide bonds. The van der Waals surface area contributed by atoms with E-state index in [2.05, 4.69) is 215 Å². The summed E-state index contributed by atoms with van der Waals surface area (Å²) in [6.07, 6.45) is 1.93. The Morgan fingerprint density at radius 3 is 1.61 bits per heavy atom. The Kier molecular flexibility index (Phi) is 9.74. The number of benzene rings is 4. The van der Waals surface area contributed by atoms with Gasteiger partial charge in [0.15, 0.2) is 0 Å². The number of hydrogen-bond acceptors (Lipinski definition) is 4. The summed E-state index contributed by atoms with van der Waals surface area (Å²) < 4.78 is 9.07. The highest BCUT2D eigenvalue weighted by Gasteiger charge is 2.42. The Bertz CT molecular complexity index is 2470. The van der Waals surface area contributed by atoms with Crippen LogP contribution in [0, 0.1) is 10.8 Å². The Hall–Kier alpha value is -5.03. The zero-order valence-corrected chi connectivity index (χ0v) is 37.2. The van der Waals surface area contributed by atoms with Crippen molar-refractivity contribution in [2.45, 2.75) is 120 Å². The zero-order valence-electron chi connectivity index (χ0n) is 37.2. The molecule has 0 spiro atoms. The molecular weight excluding hydrogens is 697 g/mol. The lowest BCUT2D eigenvalue weighted by Crippen LogP contribution is -2.31. The SMILES string of the molecule is CC(C)(C)C1=C(C(C)(C)C)N(c2cc(C(C)(C)C)cc(C(C)(C)C)c2)CN1c1cccc(Oc2ccc3c4ccccc4n(-c4cc(C(C)(C)C)ccn4)c3c2)c1. The molecule has 0 aliphatic carbocycles. The van der Waals surface area contributed by atoms with E-state index in [9.17, 15) is 0 Å². The molecule has 5 heteroatoms. The molecule has 2 aromatic heterocycles. The van der Waals surface area contributed by atoms with Gasteiger partial charge in [-0.25, -0.2) is 4.98 Å². The molecule has 5 nitrogen and oxygen atoms in total. The van der Waals surface area contributed by atoms with Crippen LogP contribution in [-0.2, 0) is 16.2 Å². The molecule has 6 aromatic rings. The van der Waals surface area contributed by atoms with Gasteiger partial charge in [0, 0.05) is 62.7 Å². The van der Waals surface area contributed by atoms with Crippen LogP contribution in [-0.4, -0.2) is 16.2 Å². The van der Waals surface area contributed by atoms with Gasteiger partial charge in [-0.1, -0.05) is 134 Å². The summed E-state index contributed by atoms with van der Waals surface area (Å²) in [4.78, 5) is 9.98. The fourth-order valence-corrected chi connectivity index (χ4v) is 8.23. The summed E-state index contributed by atoms with van der Waals surface area (Å²) in [6.45, 7) is 35.5. The van der Waals surface area contributed by atoms with Gasteiger partial charge in [-0.15, -0.1) is 0 Å². The third kappa shape index (κ3) is 7.83. The van der Waals surface area contributed by atoms with E-state index in [0.717, 1.165) is 34.0 Å². The highest BCUT2D eigenvalue weighted by atomic mass is 16.5. The largest absolute Gasteiger partial charge is 0.457 e. The van der Waals surface area contributed by atoms with E-state index < -0.39 is 0 Å². The van der Waals surface area contributed by atoms with Crippen LogP contribution in [0.4, 0.5) is 11.4 Å². The first-order valence-electron chi connectivity index (χ1n) is 20.7. The fraction of sp³-hybridized carbons (Fsp3) is 0.404. The number of nitrogens with zero attached hydrogens (tertiary/aromatic N) is 4. The summed E-state index contributed by atoms with van der Waals surface area (Å²) in [5, 5.41) is 2.37. The summed E-state index contributed by atoms with van der Waals surface area (Å²) in [6, 6.07) is 35.3. The number of aromatic nitrogens is 2. The molecule has 0 N–H and O–H groups in total. The Labute approximate surface area is 342 Å². The lowest BCUT2D eigenvalue weighted by atomic mass is 9.79. The first-order chi connectivity index (χ1) is 26.4. The van der Waals surface area contributed by atoms with Crippen LogP contribution in [0.5, 0.6) is 11.5 Å². The maximum absolute atomic E-state index is 6.79. The first-order valence-corrected chi connectivity index (χ1v) is 20.7. The second kappa shape index (κ2) is 13.8. The average Bonchev–Trinajstić information content (AvgIpc) is 3.68. The minimum Gasteiger partial charge on any atom is -0.457 e. The van der Waals surface area contributed by atoms with Gasteiger partial charge in [-0.2, -0.15) is 0 Å². The smallest absolute Gasteiger partial charge is 0.137 e. The second-order valence-electron chi connectivity index (χ2n) is 21.2. The first kappa shape index (κ1) is 40.2. The summed E-state index contributed by atoms with van der Waals surface area (Å²) in [5.41, 5.74) is 11.0. The van der Waals surface area contributed by atoms with Gasteiger partial charge in [0.1, 0.15) is 17.3 Å². The van der Waals surface area contributed by atoms with Crippen LogP contribution >= 0.6 is 0 Å². The molecule has 7 rings (SSSR count). The van der Waals surface area contributed by atoms with E-state index >= 15 is 0 Å². The molecule has 57 heavy (non-hydrogen) atoms. The minimum absolute atomic E-state index is 0.00360. The molecule has 4 aromatic carbocycles. The molecule has 1 aliphatic heterocycles.